The first-order valence-corrected chi connectivity index (χ1v) is 4.79. The Morgan fingerprint density at radius 1 is 1.27 bits per heavy atom. The van der Waals surface area contributed by atoms with Gasteiger partial charge in [-0.25, -0.2) is 9.37 Å². The Labute approximate surface area is 91.8 Å². The Hall–Kier alpha value is -1.48. The smallest absolute Gasteiger partial charge is 0.151 e. The summed E-state index contributed by atoms with van der Waals surface area (Å²) in [5, 5.41) is 0.0933. The van der Waals surface area contributed by atoms with Gasteiger partial charge in [0.2, 0.25) is 0 Å². The van der Waals surface area contributed by atoms with E-state index in [0.717, 1.165) is 5.69 Å². The van der Waals surface area contributed by atoms with Crippen molar-refractivity contribution in [3.05, 3.63) is 47.1 Å². The zero-order valence-electron chi connectivity index (χ0n) is 8.04. The molecule has 0 aliphatic rings. The van der Waals surface area contributed by atoms with Crippen LogP contribution in [-0.2, 0) is 0 Å². The maximum atomic E-state index is 13.6. The lowest BCUT2D eigenvalue weighted by atomic mass is 10.1. The molecule has 2 rings (SSSR count). The summed E-state index contributed by atoms with van der Waals surface area (Å²) in [7, 11) is 0. The highest BCUT2D eigenvalue weighted by Gasteiger charge is 2.09. The second-order valence-corrected chi connectivity index (χ2v) is 3.55. The molecule has 4 heteroatoms. The van der Waals surface area contributed by atoms with Gasteiger partial charge in [-0.1, -0.05) is 17.7 Å². The second kappa shape index (κ2) is 3.95. The molecule has 0 radical (unpaired) electrons. The molecule has 0 amide bonds. The van der Waals surface area contributed by atoms with Crippen LogP contribution in [0.2, 0.25) is 5.02 Å². The summed E-state index contributed by atoms with van der Waals surface area (Å²) in [4.78, 5) is 8.14. The number of aryl methyl sites for hydroxylation is 1. The third-order valence-electron chi connectivity index (χ3n) is 1.98. The van der Waals surface area contributed by atoms with Gasteiger partial charge in [-0.05, 0) is 19.1 Å². The largest absolute Gasteiger partial charge is 0.261 e. The molecule has 1 aromatic carbocycles. The summed E-state index contributed by atoms with van der Waals surface area (Å²) in [5.41, 5.74) is 1.61. The van der Waals surface area contributed by atoms with Gasteiger partial charge in [0.15, 0.2) is 5.82 Å². The van der Waals surface area contributed by atoms with E-state index in [9.17, 15) is 4.39 Å². The first kappa shape index (κ1) is 10.1. The summed E-state index contributed by atoms with van der Waals surface area (Å²) in [6.45, 7) is 1.80. The Kier molecular flexibility index (Phi) is 2.64. The molecule has 0 fully saturated rings. The van der Waals surface area contributed by atoms with Crippen LogP contribution in [0.15, 0.2) is 30.6 Å². The number of benzene rings is 1. The first-order valence-electron chi connectivity index (χ1n) is 4.41. The number of nitrogens with zero attached hydrogens (tertiary/aromatic N) is 2. The molecule has 0 N–H and O–H groups in total. The summed E-state index contributed by atoms with van der Waals surface area (Å²) in [5.74, 6) is -0.459. The van der Waals surface area contributed by atoms with Gasteiger partial charge in [0.05, 0.1) is 22.6 Å². The highest BCUT2D eigenvalue weighted by Crippen LogP contribution is 2.25. The maximum absolute atomic E-state index is 13.6. The van der Waals surface area contributed by atoms with Crippen molar-refractivity contribution in [3.63, 3.8) is 0 Å². The topological polar surface area (TPSA) is 25.8 Å². The number of aromatic nitrogens is 2. The van der Waals surface area contributed by atoms with E-state index < -0.39 is 5.82 Å². The average Bonchev–Trinajstić information content (AvgIpc) is 2.22. The molecule has 15 heavy (non-hydrogen) atoms. The van der Waals surface area contributed by atoms with Crippen molar-refractivity contribution in [3.8, 4) is 11.3 Å². The Morgan fingerprint density at radius 3 is 2.80 bits per heavy atom. The Bertz CT molecular complexity index is 500. The van der Waals surface area contributed by atoms with Crippen LogP contribution in [0.5, 0.6) is 0 Å². The molecule has 0 saturated heterocycles. The van der Waals surface area contributed by atoms with E-state index in [-0.39, 0.29) is 5.02 Å². The van der Waals surface area contributed by atoms with Crippen LogP contribution < -0.4 is 0 Å². The molecule has 1 aromatic heterocycles. The van der Waals surface area contributed by atoms with Gasteiger partial charge in [0.25, 0.3) is 0 Å². The molecular weight excluding hydrogens is 215 g/mol. The molecule has 0 saturated carbocycles. The van der Waals surface area contributed by atoms with Crippen molar-refractivity contribution in [2.75, 3.05) is 0 Å². The standard InChI is InChI=1S/C11H8ClFN2/c1-7-5-14-6-10(15-7)8-3-2-4-9(12)11(8)13/h2-6H,1H3. The fourth-order valence-electron chi connectivity index (χ4n) is 1.29. The van der Waals surface area contributed by atoms with Gasteiger partial charge in [0, 0.05) is 11.8 Å². The van der Waals surface area contributed by atoms with Crippen LogP contribution in [0.3, 0.4) is 0 Å². The van der Waals surface area contributed by atoms with Gasteiger partial charge < -0.3 is 0 Å². The van der Waals surface area contributed by atoms with Gasteiger partial charge in [-0.15, -0.1) is 0 Å². The summed E-state index contributed by atoms with van der Waals surface area (Å²) >= 11 is 5.68. The van der Waals surface area contributed by atoms with Crippen LogP contribution >= 0.6 is 11.6 Å². The van der Waals surface area contributed by atoms with Crippen molar-refractivity contribution in [2.24, 2.45) is 0 Å². The van der Waals surface area contributed by atoms with Crippen molar-refractivity contribution in [2.45, 2.75) is 6.92 Å². The van der Waals surface area contributed by atoms with Crippen molar-refractivity contribution >= 4 is 11.6 Å². The molecule has 2 aromatic rings. The normalized spacial score (nSPS) is 10.3. The zero-order valence-corrected chi connectivity index (χ0v) is 8.79. The summed E-state index contributed by atoms with van der Waals surface area (Å²) < 4.78 is 13.6. The number of rotatable bonds is 1. The minimum atomic E-state index is -0.459. The predicted octanol–water partition coefficient (Wildman–Crippen LogP) is 3.24. The lowest BCUT2D eigenvalue weighted by molar-refractivity contribution is 0.631. The van der Waals surface area contributed by atoms with Crippen LogP contribution in [0, 0.1) is 12.7 Å². The van der Waals surface area contributed by atoms with E-state index in [1.807, 2.05) is 0 Å². The number of halogens is 2. The van der Waals surface area contributed by atoms with E-state index in [4.69, 9.17) is 11.6 Å². The van der Waals surface area contributed by atoms with Gasteiger partial charge >= 0.3 is 0 Å². The maximum Gasteiger partial charge on any atom is 0.151 e. The van der Waals surface area contributed by atoms with Gasteiger partial charge in [-0.3, -0.25) is 4.98 Å². The number of hydrogen-bond acceptors (Lipinski definition) is 2. The highest BCUT2D eigenvalue weighted by atomic mass is 35.5. The third-order valence-corrected chi connectivity index (χ3v) is 2.27. The molecule has 0 aliphatic carbocycles. The van der Waals surface area contributed by atoms with E-state index in [1.165, 1.54) is 12.3 Å². The predicted molar refractivity (Wildman–Crippen MR) is 57.2 cm³/mol. The first-order chi connectivity index (χ1) is 7.18. The second-order valence-electron chi connectivity index (χ2n) is 3.15. The van der Waals surface area contributed by atoms with Crippen LogP contribution in [0.25, 0.3) is 11.3 Å². The highest BCUT2D eigenvalue weighted by molar-refractivity contribution is 6.31. The van der Waals surface area contributed by atoms with E-state index in [2.05, 4.69) is 9.97 Å². The molecule has 0 bridgehead atoms. The molecule has 0 unspecified atom stereocenters. The van der Waals surface area contributed by atoms with Crippen molar-refractivity contribution in [1.29, 1.82) is 0 Å². The van der Waals surface area contributed by atoms with E-state index in [0.29, 0.717) is 11.3 Å². The van der Waals surface area contributed by atoms with E-state index in [1.54, 1.807) is 25.3 Å². The fraction of sp³-hybridized carbons (Fsp3) is 0.0909. The van der Waals surface area contributed by atoms with Gasteiger partial charge in [-0.2, -0.15) is 0 Å². The molecular formula is C11H8ClFN2. The number of hydrogen-bond donors (Lipinski definition) is 0. The SMILES string of the molecule is Cc1cncc(-c2cccc(Cl)c2F)n1. The summed E-state index contributed by atoms with van der Waals surface area (Å²) in [6, 6.07) is 4.82. The average molecular weight is 223 g/mol. The minimum Gasteiger partial charge on any atom is -0.261 e. The molecule has 0 spiro atoms. The summed E-state index contributed by atoms with van der Waals surface area (Å²) in [6.07, 6.45) is 3.13. The van der Waals surface area contributed by atoms with Crippen molar-refractivity contribution in [1.82, 2.24) is 9.97 Å². The molecule has 0 atom stereocenters. The zero-order chi connectivity index (χ0) is 10.8. The van der Waals surface area contributed by atoms with Crippen LogP contribution in [-0.4, -0.2) is 9.97 Å². The lowest BCUT2D eigenvalue weighted by Crippen LogP contribution is -1.92. The quantitative estimate of drug-likeness (QED) is 0.740. The molecule has 1 heterocycles. The van der Waals surface area contributed by atoms with Crippen molar-refractivity contribution < 1.29 is 4.39 Å². The Morgan fingerprint density at radius 2 is 2.07 bits per heavy atom. The molecule has 0 aliphatic heterocycles. The molecule has 2 nitrogen and oxygen atoms in total. The van der Waals surface area contributed by atoms with E-state index >= 15 is 0 Å². The monoisotopic (exact) mass is 222 g/mol. The van der Waals surface area contributed by atoms with Gasteiger partial charge in [0.1, 0.15) is 0 Å². The fourth-order valence-corrected chi connectivity index (χ4v) is 1.47. The lowest BCUT2D eigenvalue weighted by Gasteiger charge is -2.03. The van der Waals surface area contributed by atoms with Crippen LogP contribution in [0.4, 0.5) is 4.39 Å². The molecule has 76 valence electrons. The third kappa shape index (κ3) is 1.97. The Balaban J connectivity index is 2.59. The van der Waals surface area contributed by atoms with Crippen LogP contribution in [0.1, 0.15) is 5.69 Å². The minimum absolute atomic E-state index is 0.0933.